The molecule has 2 aliphatic rings. The number of ether oxygens (including phenoxy) is 1. The van der Waals surface area contributed by atoms with Gasteiger partial charge in [0.15, 0.2) is 0 Å². The van der Waals surface area contributed by atoms with E-state index >= 15 is 0 Å². The van der Waals surface area contributed by atoms with E-state index in [1.807, 2.05) is 0 Å². The van der Waals surface area contributed by atoms with Crippen LogP contribution < -0.4 is 5.32 Å². The van der Waals surface area contributed by atoms with Crippen molar-refractivity contribution in [2.75, 3.05) is 26.2 Å². The maximum atomic E-state index is 11.8. The number of rotatable bonds is 1. The highest BCUT2D eigenvalue weighted by Gasteiger charge is 2.39. The molecule has 0 bridgehead atoms. The number of nitrogens with zero attached hydrogens (tertiary/aromatic N) is 1. The van der Waals surface area contributed by atoms with E-state index in [9.17, 15) is 4.79 Å². The predicted molar refractivity (Wildman–Crippen MR) is 67.7 cm³/mol. The van der Waals surface area contributed by atoms with E-state index < -0.39 is 3.79 Å². The Morgan fingerprint density at radius 2 is 2.18 bits per heavy atom. The number of alkyl halides is 3. The Balaban J connectivity index is 1.87. The SMILES string of the molecule is O=C(OCC(Cl)(Cl)Cl)N1CCC2CCNCC21. The first-order valence-corrected chi connectivity index (χ1v) is 6.81. The molecule has 2 rings (SSSR count). The molecule has 0 radical (unpaired) electrons. The Bertz CT molecular complexity index is 296. The predicted octanol–water partition coefficient (Wildman–Crippen LogP) is 2.18. The van der Waals surface area contributed by atoms with E-state index in [1.165, 1.54) is 0 Å². The minimum Gasteiger partial charge on any atom is -0.445 e. The van der Waals surface area contributed by atoms with Crippen molar-refractivity contribution in [1.29, 1.82) is 0 Å². The second-order valence-electron chi connectivity index (χ2n) is 4.47. The lowest BCUT2D eigenvalue weighted by atomic mass is 9.94. The molecule has 0 saturated carbocycles. The standard InChI is InChI=1S/C10H15Cl3N2O2/c11-10(12,13)6-17-9(16)15-4-2-7-1-3-14-5-8(7)15/h7-8,14H,1-6H2. The summed E-state index contributed by atoms with van der Waals surface area (Å²) in [5.74, 6) is 0.580. The molecule has 4 nitrogen and oxygen atoms in total. The number of halogens is 3. The molecule has 2 heterocycles. The fourth-order valence-electron chi connectivity index (χ4n) is 2.52. The van der Waals surface area contributed by atoms with Gasteiger partial charge >= 0.3 is 6.09 Å². The highest BCUT2D eigenvalue weighted by atomic mass is 35.6. The number of amides is 1. The molecule has 2 saturated heterocycles. The Morgan fingerprint density at radius 3 is 2.88 bits per heavy atom. The molecule has 1 amide bonds. The van der Waals surface area contributed by atoms with Crippen LogP contribution in [0.5, 0.6) is 0 Å². The van der Waals surface area contributed by atoms with Gasteiger partial charge in [-0.1, -0.05) is 34.8 Å². The second-order valence-corrected chi connectivity index (χ2v) is 6.99. The highest BCUT2D eigenvalue weighted by Crippen LogP contribution is 2.30. The van der Waals surface area contributed by atoms with E-state index in [1.54, 1.807) is 4.90 Å². The molecule has 0 aliphatic carbocycles. The van der Waals surface area contributed by atoms with Crippen molar-refractivity contribution in [2.45, 2.75) is 22.7 Å². The summed E-state index contributed by atoms with van der Waals surface area (Å²) in [6.07, 6.45) is 1.77. The Kier molecular flexibility index (Phi) is 4.29. The molecule has 0 aromatic carbocycles. The van der Waals surface area contributed by atoms with Crippen molar-refractivity contribution < 1.29 is 9.53 Å². The molecule has 1 N–H and O–H groups in total. The molecule has 17 heavy (non-hydrogen) atoms. The van der Waals surface area contributed by atoms with Gasteiger partial charge in [0.05, 0.1) is 6.04 Å². The summed E-state index contributed by atoms with van der Waals surface area (Å²) in [7, 11) is 0. The molecule has 7 heteroatoms. The molecule has 0 spiro atoms. The minimum atomic E-state index is -1.54. The summed E-state index contributed by atoms with van der Waals surface area (Å²) in [6.45, 7) is 2.37. The molecule has 0 aromatic heterocycles. The molecular formula is C10H15Cl3N2O2. The monoisotopic (exact) mass is 300 g/mol. The van der Waals surface area contributed by atoms with Crippen LogP contribution in [0.3, 0.4) is 0 Å². The lowest BCUT2D eigenvalue weighted by Crippen LogP contribution is -2.48. The molecule has 98 valence electrons. The zero-order valence-electron chi connectivity index (χ0n) is 9.29. The molecular weight excluding hydrogens is 286 g/mol. The summed E-state index contributed by atoms with van der Waals surface area (Å²) in [5.41, 5.74) is 0. The van der Waals surface area contributed by atoms with Gasteiger partial charge in [-0.05, 0) is 25.3 Å². The first-order chi connectivity index (χ1) is 7.97. The number of piperidine rings is 1. The van der Waals surface area contributed by atoms with E-state index in [0.717, 1.165) is 32.5 Å². The topological polar surface area (TPSA) is 41.6 Å². The van der Waals surface area contributed by atoms with Crippen LogP contribution in [-0.4, -0.2) is 47.1 Å². The van der Waals surface area contributed by atoms with E-state index in [4.69, 9.17) is 39.5 Å². The zero-order chi connectivity index (χ0) is 12.5. The van der Waals surface area contributed by atoms with Gasteiger partial charge in [0.1, 0.15) is 6.61 Å². The summed E-state index contributed by atoms with van der Waals surface area (Å²) in [4.78, 5) is 13.6. The van der Waals surface area contributed by atoms with Gasteiger partial charge in [0.2, 0.25) is 3.79 Å². The number of likely N-dealkylation sites (tertiary alicyclic amines) is 1. The van der Waals surface area contributed by atoms with Crippen LogP contribution in [0.25, 0.3) is 0 Å². The number of hydrogen-bond donors (Lipinski definition) is 1. The average molecular weight is 302 g/mol. The van der Waals surface area contributed by atoms with Gasteiger partial charge in [-0.15, -0.1) is 0 Å². The lowest BCUT2D eigenvalue weighted by molar-refractivity contribution is 0.0919. The summed E-state index contributed by atoms with van der Waals surface area (Å²) >= 11 is 16.6. The third kappa shape index (κ3) is 3.53. The molecule has 0 aromatic rings. The van der Waals surface area contributed by atoms with Crippen LogP contribution in [0.2, 0.25) is 0 Å². The van der Waals surface area contributed by atoms with E-state index in [-0.39, 0.29) is 18.7 Å². The number of hydrogen-bond acceptors (Lipinski definition) is 3. The van der Waals surface area contributed by atoms with Crippen LogP contribution in [0.1, 0.15) is 12.8 Å². The van der Waals surface area contributed by atoms with Crippen LogP contribution in [0, 0.1) is 5.92 Å². The molecule has 2 atom stereocenters. The third-order valence-electron chi connectivity index (χ3n) is 3.32. The summed E-state index contributed by atoms with van der Waals surface area (Å²) < 4.78 is 3.46. The van der Waals surface area contributed by atoms with Gasteiger partial charge in [0, 0.05) is 13.1 Å². The minimum absolute atomic E-state index is 0.211. The molecule has 2 fully saturated rings. The molecule has 2 unspecified atom stereocenters. The molecule has 2 aliphatic heterocycles. The van der Waals surface area contributed by atoms with Gasteiger partial charge in [-0.25, -0.2) is 4.79 Å². The number of carbonyl (C=O) groups excluding carboxylic acids is 1. The highest BCUT2D eigenvalue weighted by molar-refractivity contribution is 6.67. The van der Waals surface area contributed by atoms with Crippen molar-refractivity contribution >= 4 is 40.9 Å². The van der Waals surface area contributed by atoms with Crippen molar-refractivity contribution in [3.05, 3.63) is 0 Å². The van der Waals surface area contributed by atoms with Crippen molar-refractivity contribution in [3.63, 3.8) is 0 Å². The fraction of sp³-hybridized carbons (Fsp3) is 0.900. The maximum absolute atomic E-state index is 11.8. The fourth-order valence-corrected chi connectivity index (χ4v) is 2.69. The van der Waals surface area contributed by atoms with Gasteiger partial charge in [-0.2, -0.15) is 0 Å². The number of fused-ring (bicyclic) bond motifs is 1. The summed E-state index contributed by atoms with van der Waals surface area (Å²) in [6, 6.07) is 0.228. The third-order valence-corrected chi connectivity index (χ3v) is 3.65. The second kappa shape index (κ2) is 5.39. The van der Waals surface area contributed by atoms with E-state index in [0.29, 0.717) is 5.92 Å². The van der Waals surface area contributed by atoms with E-state index in [2.05, 4.69) is 5.32 Å². The Hall–Kier alpha value is 0.1000. The zero-order valence-corrected chi connectivity index (χ0v) is 11.6. The van der Waals surface area contributed by atoms with Gasteiger partial charge in [0.25, 0.3) is 0 Å². The van der Waals surface area contributed by atoms with Crippen LogP contribution in [0.4, 0.5) is 4.79 Å². The Morgan fingerprint density at radius 1 is 1.41 bits per heavy atom. The first kappa shape index (κ1) is 13.5. The van der Waals surface area contributed by atoms with Gasteiger partial charge in [-0.3, -0.25) is 0 Å². The van der Waals surface area contributed by atoms with Crippen molar-refractivity contribution in [2.24, 2.45) is 5.92 Å². The Labute approximate surface area is 116 Å². The normalized spacial score (nSPS) is 29.0. The maximum Gasteiger partial charge on any atom is 0.410 e. The van der Waals surface area contributed by atoms with Gasteiger partial charge < -0.3 is 15.0 Å². The quantitative estimate of drug-likeness (QED) is 0.755. The summed E-state index contributed by atoms with van der Waals surface area (Å²) in [5, 5.41) is 3.29. The van der Waals surface area contributed by atoms with Crippen molar-refractivity contribution in [1.82, 2.24) is 10.2 Å². The van der Waals surface area contributed by atoms with Crippen LogP contribution >= 0.6 is 34.8 Å². The first-order valence-electron chi connectivity index (χ1n) is 5.68. The number of carbonyl (C=O) groups is 1. The van der Waals surface area contributed by atoms with Crippen molar-refractivity contribution in [3.8, 4) is 0 Å². The van der Waals surface area contributed by atoms with Crippen LogP contribution in [-0.2, 0) is 4.74 Å². The largest absolute Gasteiger partial charge is 0.445 e. The smallest absolute Gasteiger partial charge is 0.410 e. The lowest BCUT2D eigenvalue weighted by Gasteiger charge is -2.31. The number of nitrogens with one attached hydrogen (secondary N) is 1. The average Bonchev–Trinajstić information content (AvgIpc) is 2.68. The van der Waals surface area contributed by atoms with Crippen LogP contribution in [0.15, 0.2) is 0 Å².